The van der Waals surface area contributed by atoms with Crippen LogP contribution in [0.15, 0.2) is 42.5 Å². The highest BCUT2D eigenvalue weighted by Crippen LogP contribution is 2.34. The van der Waals surface area contributed by atoms with Crippen LogP contribution in [0.25, 0.3) is 0 Å². The monoisotopic (exact) mass is 373 g/mol. The van der Waals surface area contributed by atoms with Gasteiger partial charge in [-0.2, -0.15) is 0 Å². The first-order valence-electron chi connectivity index (χ1n) is 8.69. The van der Waals surface area contributed by atoms with Crippen LogP contribution >= 0.6 is 11.8 Å². The van der Waals surface area contributed by atoms with Crippen LogP contribution in [0, 0.1) is 6.92 Å². The van der Waals surface area contributed by atoms with Crippen LogP contribution in [0.1, 0.15) is 29.0 Å². The van der Waals surface area contributed by atoms with Crippen LogP contribution in [0.2, 0.25) is 0 Å². The number of carboxylic acids is 1. The predicted molar refractivity (Wildman–Crippen MR) is 99.0 cm³/mol. The summed E-state index contributed by atoms with van der Waals surface area (Å²) in [6, 6.07) is 13.5. The van der Waals surface area contributed by atoms with Crippen LogP contribution in [-0.4, -0.2) is 24.4 Å². The van der Waals surface area contributed by atoms with Gasteiger partial charge in [-0.05, 0) is 37.6 Å². The SMILES string of the molecule is CCOc1cc([C@H]2[NH2+][C@H](C(=O)[O-])CS2)ccc1OCc1cccc(C)c1. The molecule has 0 saturated carbocycles. The zero-order valence-electron chi connectivity index (χ0n) is 14.9. The molecule has 0 amide bonds. The Bertz CT molecular complexity index is 780. The average Bonchev–Trinajstić information content (AvgIpc) is 3.11. The normalized spacial score (nSPS) is 19.3. The van der Waals surface area contributed by atoms with E-state index in [1.54, 1.807) is 11.8 Å². The minimum Gasteiger partial charge on any atom is -0.544 e. The van der Waals surface area contributed by atoms with E-state index in [-0.39, 0.29) is 5.37 Å². The van der Waals surface area contributed by atoms with Crippen LogP contribution in [0.5, 0.6) is 11.5 Å². The Labute approximate surface area is 157 Å². The lowest BCUT2D eigenvalue weighted by molar-refractivity contribution is -0.690. The van der Waals surface area contributed by atoms with Crippen LogP contribution in [0.3, 0.4) is 0 Å². The molecule has 26 heavy (non-hydrogen) atoms. The molecule has 2 atom stereocenters. The van der Waals surface area contributed by atoms with Crippen molar-refractivity contribution in [2.45, 2.75) is 31.9 Å². The molecule has 0 bridgehead atoms. The number of thioether (sulfide) groups is 1. The summed E-state index contributed by atoms with van der Waals surface area (Å²) in [6.07, 6.45) is 0. The van der Waals surface area contributed by atoms with E-state index in [2.05, 4.69) is 19.1 Å². The number of aliphatic carboxylic acids is 1. The molecule has 1 aliphatic heterocycles. The second kappa shape index (κ2) is 8.47. The third-order valence-electron chi connectivity index (χ3n) is 4.24. The Morgan fingerprint density at radius 2 is 2.08 bits per heavy atom. The lowest BCUT2D eigenvalue weighted by Crippen LogP contribution is -2.90. The second-order valence-electron chi connectivity index (χ2n) is 6.29. The summed E-state index contributed by atoms with van der Waals surface area (Å²) in [6.45, 7) is 4.99. The number of carboxylic acid groups (broad SMARTS) is 1. The van der Waals surface area contributed by atoms with Crippen LogP contribution in [-0.2, 0) is 11.4 Å². The molecule has 1 heterocycles. The smallest absolute Gasteiger partial charge is 0.161 e. The third-order valence-corrected chi connectivity index (χ3v) is 5.58. The zero-order valence-corrected chi connectivity index (χ0v) is 15.8. The number of nitrogens with two attached hydrogens (primary N) is 1. The molecule has 0 spiro atoms. The molecule has 1 saturated heterocycles. The maximum atomic E-state index is 11.0. The molecule has 138 valence electrons. The van der Waals surface area contributed by atoms with Gasteiger partial charge in [0.05, 0.1) is 12.4 Å². The van der Waals surface area contributed by atoms with Crippen molar-refractivity contribution in [3.8, 4) is 11.5 Å². The van der Waals surface area contributed by atoms with Crippen molar-refractivity contribution in [2.75, 3.05) is 12.4 Å². The Balaban J connectivity index is 1.73. The predicted octanol–water partition coefficient (Wildman–Crippen LogP) is 1.40. The van der Waals surface area contributed by atoms with Gasteiger partial charge in [0.15, 0.2) is 16.9 Å². The molecule has 5 nitrogen and oxygen atoms in total. The van der Waals surface area contributed by atoms with E-state index in [9.17, 15) is 9.90 Å². The average molecular weight is 373 g/mol. The fraction of sp³-hybridized carbons (Fsp3) is 0.350. The van der Waals surface area contributed by atoms with Crippen LogP contribution in [0.4, 0.5) is 0 Å². The molecular formula is C20H23NO4S. The van der Waals surface area contributed by atoms with E-state index >= 15 is 0 Å². The van der Waals surface area contributed by atoms with E-state index in [4.69, 9.17) is 9.47 Å². The fourth-order valence-electron chi connectivity index (χ4n) is 2.94. The molecule has 2 aromatic rings. The van der Waals surface area contributed by atoms with E-state index < -0.39 is 12.0 Å². The van der Waals surface area contributed by atoms with Gasteiger partial charge in [-0.25, -0.2) is 0 Å². The first-order valence-corrected chi connectivity index (χ1v) is 9.74. The number of quaternary nitrogens is 1. The third kappa shape index (κ3) is 4.51. The first-order chi connectivity index (χ1) is 12.6. The summed E-state index contributed by atoms with van der Waals surface area (Å²) < 4.78 is 11.7. The van der Waals surface area contributed by atoms with Gasteiger partial charge in [0.1, 0.15) is 18.6 Å². The molecule has 0 unspecified atom stereocenters. The highest BCUT2D eigenvalue weighted by molar-refractivity contribution is 7.99. The summed E-state index contributed by atoms with van der Waals surface area (Å²) in [5, 5.41) is 12.9. The van der Waals surface area contributed by atoms with Crippen molar-refractivity contribution in [1.82, 2.24) is 0 Å². The molecular weight excluding hydrogens is 350 g/mol. The molecule has 2 aromatic carbocycles. The minimum absolute atomic E-state index is 0.0305. The number of carbonyl (C=O) groups excluding carboxylic acids is 1. The minimum atomic E-state index is -1.01. The Morgan fingerprint density at radius 3 is 2.77 bits per heavy atom. The highest BCUT2D eigenvalue weighted by atomic mass is 32.2. The van der Waals surface area contributed by atoms with Crippen molar-refractivity contribution in [3.63, 3.8) is 0 Å². The van der Waals surface area contributed by atoms with E-state index in [0.29, 0.717) is 30.5 Å². The molecule has 0 radical (unpaired) electrons. The van der Waals surface area contributed by atoms with Gasteiger partial charge >= 0.3 is 0 Å². The number of rotatable bonds is 7. The molecule has 3 rings (SSSR count). The summed E-state index contributed by atoms with van der Waals surface area (Å²) in [4.78, 5) is 11.0. The van der Waals surface area contributed by atoms with Gasteiger partial charge in [0, 0.05) is 5.56 Å². The summed E-state index contributed by atoms with van der Waals surface area (Å²) in [7, 11) is 0. The Kier molecular flexibility index (Phi) is 6.06. The van der Waals surface area contributed by atoms with Gasteiger partial charge in [0.2, 0.25) is 0 Å². The van der Waals surface area contributed by atoms with Crippen molar-refractivity contribution in [1.29, 1.82) is 0 Å². The zero-order chi connectivity index (χ0) is 18.5. The topological polar surface area (TPSA) is 75.2 Å². The largest absolute Gasteiger partial charge is 0.544 e. The van der Waals surface area contributed by atoms with Crippen molar-refractivity contribution in [3.05, 3.63) is 59.2 Å². The number of hydrogen-bond acceptors (Lipinski definition) is 5. The maximum Gasteiger partial charge on any atom is 0.161 e. The maximum absolute atomic E-state index is 11.0. The van der Waals surface area contributed by atoms with Gasteiger partial charge in [-0.15, -0.1) is 0 Å². The first kappa shape index (κ1) is 18.6. The quantitative estimate of drug-likeness (QED) is 0.794. The standard InChI is InChI=1S/C20H23NO4S/c1-3-24-18-10-15(19-21-16(12-26-19)20(22)23)7-8-17(18)25-11-14-6-4-5-13(2)9-14/h4-10,16,19,21H,3,11-12H2,1-2H3,(H,22,23)/t16-,19-/m0/s1. The Hall–Kier alpha value is -2.18. The van der Waals surface area contributed by atoms with E-state index in [1.165, 1.54) is 5.56 Å². The summed E-state index contributed by atoms with van der Waals surface area (Å²) >= 11 is 1.60. The number of hydrogen-bond donors (Lipinski definition) is 1. The van der Waals surface area contributed by atoms with Gasteiger partial charge in [-0.3, -0.25) is 0 Å². The van der Waals surface area contributed by atoms with Gasteiger partial charge < -0.3 is 24.7 Å². The van der Waals surface area contributed by atoms with Gasteiger partial charge in [-0.1, -0.05) is 41.6 Å². The van der Waals surface area contributed by atoms with Crippen molar-refractivity contribution < 1.29 is 24.7 Å². The number of benzene rings is 2. The molecule has 0 aliphatic carbocycles. The molecule has 2 N–H and O–H groups in total. The van der Waals surface area contributed by atoms with E-state index in [0.717, 1.165) is 11.1 Å². The Morgan fingerprint density at radius 1 is 1.23 bits per heavy atom. The van der Waals surface area contributed by atoms with E-state index in [1.807, 2.05) is 42.6 Å². The molecule has 6 heteroatoms. The van der Waals surface area contributed by atoms with Crippen molar-refractivity contribution >= 4 is 17.7 Å². The molecule has 0 aromatic heterocycles. The highest BCUT2D eigenvalue weighted by Gasteiger charge is 2.31. The lowest BCUT2D eigenvalue weighted by atomic mass is 10.1. The summed E-state index contributed by atoms with van der Waals surface area (Å²) in [5.41, 5.74) is 3.32. The summed E-state index contributed by atoms with van der Waals surface area (Å²) in [5.74, 6) is 0.908. The number of ether oxygens (including phenoxy) is 2. The van der Waals surface area contributed by atoms with Gasteiger partial charge in [0.25, 0.3) is 0 Å². The fourth-order valence-corrected chi connectivity index (χ4v) is 4.24. The number of aryl methyl sites for hydroxylation is 1. The number of carbonyl (C=O) groups is 1. The van der Waals surface area contributed by atoms with Crippen LogP contribution < -0.4 is 19.9 Å². The second-order valence-corrected chi connectivity index (χ2v) is 7.46. The lowest BCUT2D eigenvalue weighted by Gasteiger charge is -2.16. The molecule has 1 aliphatic rings. The molecule has 1 fully saturated rings. The van der Waals surface area contributed by atoms with Crippen molar-refractivity contribution in [2.24, 2.45) is 0 Å².